The Bertz CT molecular complexity index is 790. The molecule has 1 N–H and O–H groups in total. The molecule has 1 aliphatic rings. The number of aromatic nitrogens is 1. The highest BCUT2D eigenvalue weighted by atomic mass is 19.1. The van der Waals surface area contributed by atoms with Crippen molar-refractivity contribution in [3.63, 3.8) is 0 Å². The number of methoxy groups -OCH3 is 1. The van der Waals surface area contributed by atoms with Gasteiger partial charge in [-0.15, -0.1) is 0 Å². The van der Waals surface area contributed by atoms with Crippen molar-refractivity contribution in [2.45, 2.75) is 45.6 Å². The molecule has 0 radical (unpaired) electrons. The fraction of sp³-hybridized carbons (Fsp3) is 0.450. The van der Waals surface area contributed by atoms with E-state index < -0.39 is 11.6 Å². The van der Waals surface area contributed by atoms with Gasteiger partial charge in [-0.05, 0) is 47.4 Å². The lowest BCUT2D eigenvalue weighted by molar-refractivity contribution is 0.275. The summed E-state index contributed by atoms with van der Waals surface area (Å²) in [5, 5.41) is 9.47. The molecule has 1 aromatic heterocycles. The van der Waals surface area contributed by atoms with E-state index in [2.05, 4.69) is 18.8 Å². The van der Waals surface area contributed by atoms with Gasteiger partial charge in [0, 0.05) is 17.2 Å². The molecule has 0 aliphatic heterocycles. The molecule has 1 aliphatic carbocycles. The molecule has 1 aromatic carbocycles. The molecule has 1 fully saturated rings. The van der Waals surface area contributed by atoms with Crippen LogP contribution in [0.4, 0.5) is 8.78 Å². The number of pyridine rings is 1. The van der Waals surface area contributed by atoms with Gasteiger partial charge in [0.2, 0.25) is 5.88 Å². The molecule has 1 heterocycles. The Labute approximate surface area is 146 Å². The van der Waals surface area contributed by atoms with Gasteiger partial charge in [-0.1, -0.05) is 20.3 Å². The SMILES string of the molecule is COc1cc(-c2cc(F)c(CO)cc2[C@H]2CCCC2(C)C)c(F)cn1. The average molecular weight is 347 g/mol. The molecule has 1 atom stereocenters. The van der Waals surface area contributed by atoms with Gasteiger partial charge in [-0.2, -0.15) is 0 Å². The predicted octanol–water partition coefficient (Wildman–Crippen LogP) is 4.82. The summed E-state index contributed by atoms with van der Waals surface area (Å²) in [6.07, 6.45) is 4.19. The molecule has 134 valence electrons. The van der Waals surface area contributed by atoms with E-state index in [1.165, 1.54) is 19.2 Å². The van der Waals surface area contributed by atoms with Crippen molar-refractivity contribution >= 4 is 0 Å². The zero-order valence-corrected chi connectivity index (χ0v) is 14.8. The molecule has 5 heteroatoms. The van der Waals surface area contributed by atoms with Crippen molar-refractivity contribution in [1.29, 1.82) is 0 Å². The molecule has 0 amide bonds. The quantitative estimate of drug-likeness (QED) is 0.862. The summed E-state index contributed by atoms with van der Waals surface area (Å²) >= 11 is 0. The first-order valence-electron chi connectivity index (χ1n) is 8.50. The van der Waals surface area contributed by atoms with E-state index in [9.17, 15) is 13.9 Å². The number of aliphatic hydroxyl groups is 1. The van der Waals surface area contributed by atoms with Crippen LogP contribution in [0.25, 0.3) is 11.1 Å². The Kier molecular flexibility index (Phi) is 4.78. The molecule has 1 saturated carbocycles. The highest BCUT2D eigenvalue weighted by Gasteiger charge is 2.37. The van der Waals surface area contributed by atoms with Crippen LogP contribution in [0, 0.1) is 17.0 Å². The molecular weight excluding hydrogens is 324 g/mol. The summed E-state index contributed by atoms with van der Waals surface area (Å²) in [5.74, 6) is -0.604. The van der Waals surface area contributed by atoms with E-state index in [0.717, 1.165) is 31.0 Å². The summed E-state index contributed by atoms with van der Waals surface area (Å²) in [5.41, 5.74) is 1.93. The highest BCUT2D eigenvalue weighted by molar-refractivity contribution is 5.70. The van der Waals surface area contributed by atoms with Crippen LogP contribution in [0.1, 0.15) is 50.2 Å². The van der Waals surface area contributed by atoms with Gasteiger partial charge in [0.1, 0.15) is 11.6 Å². The van der Waals surface area contributed by atoms with Gasteiger partial charge in [0.05, 0.1) is 19.9 Å². The number of nitrogens with zero attached hydrogens (tertiary/aromatic N) is 1. The average Bonchev–Trinajstić information content (AvgIpc) is 2.94. The van der Waals surface area contributed by atoms with Crippen molar-refractivity contribution in [2.75, 3.05) is 7.11 Å². The van der Waals surface area contributed by atoms with Gasteiger partial charge in [0.25, 0.3) is 0 Å². The van der Waals surface area contributed by atoms with E-state index in [-0.39, 0.29) is 34.9 Å². The maximum Gasteiger partial charge on any atom is 0.213 e. The largest absolute Gasteiger partial charge is 0.481 e. The Hall–Kier alpha value is -2.01. The predicted molar refractivity (Wildman–Crippen MR) is 92.4 cm³/mol. The minimum atomic E-state index is -0.535. The first-order chi connectivity index (χ1) is 11.9. The van der Waals surface area contributed by atoms with E-state index in [1.54, 1.807) is 6.07 Å². The van der Waals surface area contributed by atoms with Crippen LogP contribution in [-0.2, 0) is 6.61 Å². The Balaban J connectivity index is 2.24. The molecule has 0 unspecified atom stereocenters. The minimum Gasteiger partial charge on any atom is -0.481 e. The molecule has 2 aromatic rings. The highest BCUT2D eigenvalue weighted by Crippen LogP contribution is 2.51. The van der Waals surface area contributed by atoms with Crippen LogP contribution in [0.15, 0.2) is 24.4 Å². The zero-order valence-electron chi connectivity index (χ0n) is 14.8. The maximum atomic E-state index is 14.5. The number of ether oxygens (including phenoxy) is 1. The van der Waals surface area contributed by atoms with Gasteiger partial charge in [-0.25, -0.2) is 13.8 Å². The lowest BCUT2D eigenvalue weighted by atomic mass is 9.75. The van der Waals surface area contributed by atoms with Crippen LogP contribution in [0.2, 0.25) is 0 Å². The van der Waals surface area contributed by atoms with E-state index in [4.69, 9.17) is 4.74 Å². The van der Waals surface area contributed by atoms with E-state index in [1.807, 2.05) is 0 Å². The molecule has 0 bridgehead atoms. The lowest BCUT2D eigenvalue weighted by Gasteiger charge is -2.30. The second kappa shape index (κ2) is 6.71. The maximum absolute atomic E-state index is 14.5. The van der Waals surface area contributed by atoms with E-state index in [0.29, 0.717) is 5.56 Å². The van der Waals surface area contributed by atoms with Crippen molar-refractivity contribution in [3.05, 3.63) is 47.2 Å². The summed E-state index contributed by atoms with van der Waals surface area (Å²) in [7, 11) is 1.46. The smallest absolute Gasteiger partial charge is 0.213 e. The van der Waals surface area contributed by atoms with Crippen molar-refractivity contribution in [3.8, 4) is 17.0 Å². The number of halogens is 2. The third-order valence-corrected chi connectivity index (χ3v) is 5.35. The third-order valence-electron chi connectivity index (χ3n) is 5.35. The number of aliphatic hydroxyl groups excluding tert-OH is 1. The lowest BCUT2D eigenvalue weighted by Crippen LogP contribution is -2.17. The normalized spacial score (nSPS) is 19.2. The molecule has 3 nitrogen and oxygen atoms in total. The van der Waals surface area contributed by atoms with Gasteiger partial charge >= 0.3 is 0 Å². The van der Waals surface area contributed by atoms with Crippen molar-refractivity contribution < 1.29 is 18.6 Å². The van der Waals surface area contributed by atoms with Crippen LogP contribution < -0.4 is 4.74 Å². The topological polar surface area (TPSA) is 42.4 Å². The van der Waals surface area contributed by atoms with Crippen molar-refractivity contribution in [1.82, 2.24) is 4.98 Å². The Morgan fingerprint density at radius 1 is 1.20 bits per heavy atom. The van der Waals surface area contributed by atoms with Crippen LogP contribution in [0.3, 0.4) is 0 Å². The standard InChI is InChI=1S/C20H23F2NO2/c1-20(2)6-4-5-16(20)14-7-12(11-24)17(21)8-13(14)15-9-19(25-3)23-10-18(15)22/h7-10,16,24H,4-6,11H2,1-3H3/t16-/m1/s1. The molecule has 0 saturated heterocycles. The fourth-order valence-electron chi connectivity index (χ4n) is 3.92. The zero-order chi connectivity index (χ0) is 18.2. The number of benzene rings is 1. The van der Waals surface area contributed by atoms with Crippen molar-refractivity contribution in [2.24, 2.45) is 5.41 Å². The van der Waals surface area contributed by atoms with Crippen LogP contribution in [-0.4, -0.2) is 17.2 Å². The fourth-order valence-corrected chi connectivity index (χ4v) is 3.92. The number of rotatable bonds is 4. The van der Waals surface area contributed by atoms with Gasteiger partial charge in [0.15, 0.2) is 0 Å². The number of hydrogen-bond acceptors (Lipinski definition) is 3. The Morgan fingerprint density at radius 3 is 2.56 bits per heavy atom. The molecule has 0 spiro atoms. The first-order valence-corrected chi connectivity index (χ1v) is 8.50. The van der Waals surface area contributed by atoms with Crippen LogP contribution >= 0.6 is 0 Å². The van der Waals surface area contributed by atoms with Crippen LogP contribution in [0.5, 0.6) is 5.88 Å². The van der Waals surface area contributed by atoms with E-state index >= 15 is 0 Å². The Morgan fingerprint density at radius 2 is 1.96 bits per heavy atom. The first kappa shape index (κ1) is 17.8. The second-order valence-electron chi connectivity index (χ2n) is 7.33. The minimum absolute atomic E-state index is 0.0346. The number of hydrogen-bond donors (Lipinski definition) is 1. The van der Waals surface area contributed by atoms with Gasteiger partial charge in [-0.3, -0.25) is 0 Å². The second-order valence-corrected chi connectivity index (χ2v) is 7.33. The summed E-state index contributed by atoms with van der Waals surface area (Å²) in [6, 6.07) is 4.51. The third kappa shape index (κ3) is 3.25. The molecular formula is C20H23F2NO2. The summed E-state index contributed by atoms with van der Waals surface area (Å²) in [4.78, 5) is 3.86. The van der Waals surface area contributed by atoms with Gasteiger partial charge < -0.3 is 9.84 Å². The monoisotopic (exact) mass is 347 g/mol. The molecule has 25 heavy (non-hydrogen) atoms. The summed E-state index contributed by atoms with van der Waals surface area (Å²) in [6.45, 7) is 3.98. The summed E-state index contributed by atoms with van der Waals surface area (Å²) < 4.78 is 34.0. The molecule has 3 rings (SSSR count).